The molecule has 4 aromatic rings. The van der Waals surface area contributed by atoms with Gasteiger partial charge >= 0.3 is 0 Å². The first-order chi connectivity index (χ1) is 13.0. The van der Waals surface area contributed by atoms with E-state index in [-0.39, 0.29) is 0 Å². The van der Waals surface area contributed by atoms with E-state index >= 15 is 0 Å². The van der Waals surface area contributed by atoms with Crippen molar-refractivity contribution in [2.45, 2.75) is 53.4 Å². The van der Waals surface area contributed by atoms with Crippen LogP contribution < -0.4 is 0 Å². The maximum Gasteiger partial charge on any atom is 0.158 e. The van der Waals surface area contributed by atoms with Gasteiger partial charge in [0.15, 0.2) is 5.65 Å². The van der Waals surface area contributed by atoms with E-state index in [4.69, 9.17) is 10.1 Å². The van der Waals surface area contributed by atoms with E-state index < -0.39 is 0 Å². The smallest absolute Gasteiger partial charge is 0.158 e. The molecule has 0 N–H and O–H groups in total. The third-order valence-corrected chi connectivity index (χ3v) is 7.15. The quantitative estimate of drug-likeness (QED) is 0.391. The van der Waals surface area contributed by atoms with Crippen LogP contribution in [0.5, 0.6) is 0 Å². The maximum absolute atomic E-state index is 4.95. The monoisotopic (exact) mass is 396 g/mol. The van der Waals surface area contributed by atoms with Crippen LogP contribution in [0.2, 0.25) is 0 Å². The Morgan fingerprint density at radius 2 is 1.89 bits per heavy atom. The molecule has 4 rings (SSSR count). The minimum Gasteiger partial charge on any atom is -0.245 e. The number of hydrogen-bond acceptors (Lipinski definition) is 5. The number of aromatic nitrogens is 4. The highest BCUT2D eigenvalue weighted by molar-refractivity contribution is 7.16. The van der Waals surface area contributed by atoms with Gasteiger partial charge in [-0.1, -0.05) is 13.8 Å². The lowest BCUT2D eigenvalue weighted by Crippen LogP contribution is -2.05. The van der Waals surface area contributed by atoms with E-state index in [1.54, 1.807) is 22.7 Å². The summed E-state index contributed by atoms with van der Waals surface area (Å²) in [7, 11) is 0. The summed E-state index contributed by atoms with van der Waals surface area (Å²) >= 11 is 3.44. The summed E-state index contributed by atoms with van der Waals surface area (Å²) in [6, 6.07) is 2.21. The fourth-order valence-electron chi connectivity index (χ4n) is 3.79. The number of nitrogens with zero attached hydrogens (tertiary/aromatic N) is 4. The van der Waals surface area contributed by atoms with Gasteiger partial charge < -0.3 is 0 Å². The van der Waals surface area contributed by atoms with Gasteiger partial charge in [0, 0.05) is 28.1 Å². The lowest BCUT2D eigenvalue weighted by Gasteiger charge is -2.14. The van der Waals surface area contributed by atoms with E-state index in [9.17, 15) is 0 Å². The topological polar surface area (TPSA) is 43.1 Å². The molecule has 0 aliphatic carbocycles. The van der Waals surface area contributed by atoms with Gasteiger partial charge in [0.2, 0.25) is 0 Å². The van der Waals surface area contributed by atoms with Gasteiger partial charge in [0.1, 0.15) is 10.7 Å². The molecule has 27 heavy (non-hydrogen) atoms. The molecular weight excluding hydrogens is 372 g/mol. The molecule has 0 spiro atoms. The predicted molar refractivity (Wildman–Crippen MR) is 115 cm³/mol. The number of imidazole rings is 1. The van der Waals surface area contributed by atoms with E-state index in [0.29, 0.717) is 5.92 Å². The summed E-state index contributed by atoms with van der Waals surface area (Å²) in [4.78, 5) is 10.7. The van der Waals surface area contributed by atoms with Crippen LogP contribution in [0.15, 0.2) is 23.0 Å². The van der Waals surface area contributed by atoms with Crippen LogP contribution in [0.4, 0.5) is 0 Å². The number of hydrogen-bond donors (Lipinski definition) is 0. The summed E-state index contributed by atoms with van der Waals surface area (Å²) in [5.41, 5.74) is 7.99. The third kappa shape index (κ3) is 3.01. The zero-order valence-electron chi connectivity index (χ0n) is 16.4. The van der Waals surface area contributed by atoms with Crippen molar-refractivity contribution in [2.24, 2.45) is 0 Å². The minimum absolute atomic E-state index is 0.513. The van der Waals surface area contributed by atoms with Crippen molar-refractivity contribution in [3.05, 3.63) is 45.5 Å². The number of thiazole rings is 1. The van der Waals surface area contributed by atoms with Crippen molar-refractivity contribution >= 4 is 28.3 Å². The van der Waals surface area contributed by atoms with Crippen molar-refractivity contribution in [1.29, 1.82) is 0 Å². The van der Waals surface area contributed by atoms with E-state index in [2.05, 4.69) is 55.6 Å². The fourth-order valence-corrected chi connectivity index (χ4v) is 5.73. The fraction of sp³-hybridized carbons (Fsp3) is 0.381. The molecule has 6 heteroatoms. The number of aryl methyl sites for hydroxylation is 2. The van der Waals surface area contributed by atoms with E-state index in [1.807, 2.05) is 11.6 Å². The zero-order valence-corrected chi connectivity index (χ0v) is 18.0. The van der Waals surface area contributed by atoms with Crippen LogP contribution in [0, 0.1) is 20.8 Å². The van der Waals surface area contributed by atoms with Crippen molar-refractivity contribution in [1.82, 2.24) is 19.6 Å². The molecule has 4 heterocycles. The Morgan fingerprint density at radius 1 is 1.11 bits per heavy atom. The van der Waals surface area contributed by atoms with E-state index in [1.165, 1.54) is 21.6 Å². The normalized spacial score (nSPS) is 11.8. The Labute approximate surface area is 167 Å². The molecule has 0 unspecified atom stereocenters. The molecule has 0 atom stereocenters. The number of fused-ring (bicyclic) bond motifs is 1. The molecule has 0 aliphatic rings. The number of thiophene rings is 1. The summed E-state index contributed by atoms with van der Waals surface area (Å²) in [5.74, 6) is 0.513. The van der Waals surface area contributed by atoms with Crippen molar-refractivity contribution < 1.29 is 0 Å². The van der Waals surface area contributed by atoms with Crippen LogP contribution in [-0.4, -0.2) is 19.6 Å². The Bertz CT molecular complexity index is 1090. The molecule has 0 aromatic carbocycles. The Hall–Kier alpha value is -2.05. The second-order valence-corrected chi connectivity index (χ2v) is 8.75. The lowest BCUT2D eigenvalue weighted by atomic mass is 9.95. The van der Waals surface area contributed by atoms with Gasteiger partial charge in [0.25, 0.3) is 0 Å². The molecule has 0 saturated carbocycles. The highest BCUT2D eigenvalue weighted by Gasteiger charge is 2.22. The summed E-state index contributed by atoms with van der Waals surface area (Å²) in [5, 5.41) is 10.2. The van der Waals surface area contributed by atoms with Crippen LogP contribution in [0.25, 0.3) is 26.8 Å². The van der Waals surface area contributed by atoms with Crippen LogP contribution in [0.3, 0.4) is 0 Å². The van der Waals surface area contributed by atoms with Gasteiger partial charge in [-0.05, 0) is 51.2 Å². The molecule has 0 fully saturated rings. The van der Waals surface area contributed by atoms with Crippen LogP contribution >= 0.6 is 22.7 Å². The van der Waals surface area contributed by atoms with Crippen LogP contribution in [0.1, 0.15) is 55.1 Å². The highest BCUT2D eigenvalue weighted by Crippen LogP contribution is 2.40. The minimum atomic E-state index is 0.513. The molecule has 0 bridgehead atoms. The Balaban J connectivity index is 1.95. The first kappa shape index (κ1) is 18.3. The summed E-state index contributed by atoms with van der Waals surface area (Å²) in [6.45, 7) is 10.9. The largest absolute Gasteiger partial charge is 0.245 e. The molecule has 4 nitrogen and oxygen atoms in total. The van der Waals surface area contributed by atoms with Crippen molar-refractivity contribution in [3.8, 4) is 21.1 Å². The van der Waals surface area contributed by atoms with Crippen molar-refractivity contribution in [3.63, 3.8) is 0 Å². The van der Waals surface area contributed by atoms with Gasteiger partial charge in [0.05, 0.1) is 16.3 Å². The summed E-state index contributed by atoms with van der Waals surface area (Å²) in [6.07, 6.45) is 4.09. The molecule has 4 aromatic heterocycles. The summed E-state index contributed by atoms with van der Waals surface area (Å²) < 4.78 is 2.07. The molecule has 0 amide bonds. The first-order valence-electron chi connectivity index (χ1n) is 9.40. The predicted octanol–water partition coefficient (Wildman–Crippen LogP) is 6.41. The van der Waals surface area contributed by atoms with Crippen molar-refractivity contribution in [2.75, 3.05) is 0 Å². The van der Waals surface area contributed by atoms with E-state index in [0.717, 1.165) is 40.6 Å². The highest BCUT2D eigenvalue weighted by atomic mass is 32.1. The van der Waals surface area contributed by atoms with Gasteiger partial charge in [-0.25, -0.2) is 14.5 Å². The van der Waals surface area contributed by atoms with Gasteiger partial charge in [-0.3, -0.25) is 0 Å². The third-order valence-electron chi connectivity index (χ3n) is 5.25. The second kappa shape index (κ2) is 7.17. The zero-order chi connectivity index (χ0) is 19.1. The maximum atomic E-state index is 4.95. The average Bonchev–Trinajstić information content (AvgIpc) is 3.35. The molecule has 140 valence electrons. The second-order valence-electron chi connectivity index (χ2n) is 6.98. The standard InChI is InChI=1S/C21H24N4S2/c1-6-15(7-2)16-10-12(3)24-25-18(14(5)23-20(16)25)19-13(4)17(11-27-19)21-22-8-9-26-21/h8-11,15H,6-7H2,1-5H3. The average molecular weight is 397 g/mol. The Kier molecular flexibility index (Phi) is 4.86. The molecule has 0 aliphatic heterocycles. The lowest BCUT2D eigenvalue weighted by molar-refractivity contribution is 0.638. The van der Waals surface area contributed by atoms with Gasteiger partial charge in [-0.2, -0.15) is 5.10 Å². The SMILES string of the molecule is CCC(CC)c1cc(C)nn2c(-c3scc(-c4nccs4)c3C)c(C)nc12. The molecular formula is C21H24N4S2. The molecule has 0 saturated heterocycles. The van der Waals surface area contributed by atoms with Gasteiger partial charge in [-0.15, -0.1) is 22.7 Å². The van der Waals surface area contributed by atoms with Crippen LogP contribution in [-0.2, 0) is 0 Å². The first-order valence-corrected chi connectivity index (χ1v) is 11.2. The Morgan fingerprint density at radius 3 is 2.56 bits per heavy atom. The molecule has 0 radical (unpaired) electrons. The number of rotatable bonds is 5.